The minimum absolute atomic E-state index is 0.000377. The van der Waals surface area contributed by atoms with E-state index in [2.05, 4.69) is 34.9 Å². The van der Waals surface area contributed by atoms with Gasteiger partial charge in [0.1, 0.15) is 6.61 Å². The van der Waals surface area contributed by atoms with Gasteiger partial charge in [-0.15, -0.1) is 0 Å². The molecule has 8 heteroatoms. The number of alkyl carbamates (subject to hydrolysis) is 1. The Labute approximate surface area is 208 Å². The van der Waals surface area contributed by atoms with Crippen molar-refractivity contribution in [1.82, 2.24) is 5.32 Å². The minimum atomic E-state index is -1.17. The van der Waals surface area contributed by atoms with Crippen LogP contribution in [0.1, 0.15) is 46.7 Å². The van der Waals surface area contributed by atoms with Crippen LogP contribution in [-0.2, 0) is 9.53 Å². The number of hydrogen-bond donors (Lipinski definition) is 3. The molecule has 3 aromatic rings. The molecule has 180 valence electrons. The number of carbonyl (C=O) groups excluding carboxylic acids is 2. The SMILES string of the molecule is O=C(CCCCNC(=O)OCC1c2ccccc2-c2ccccc21)Nc1ccc(Cl)cc1C(=O)O. The topological polar surface area (TPSA) is 105 Å². The van der Waals surface area contributed by atoms with Crippen molar-refractivity contribution in [3.05, 3.63) is 88.4 Å². The Bertz CT molecular complexity index is 1210. The van der Waals surface area contributed by atoms with Crippen LogP contribution in [0.3, 0.4) is 0 Å². The number of nitrogens with one attached hydrogen (secondary N) is 2. The van der Waals surface area contributed by atoms with E-state index in [4.69, 9.17) is 16.3 Å². The molecule has 35 heavy (non-hydrogen) atoms. The van der Waals surface area contributed by atoms with Gasteiger partial charge in [-0.3, -0.25) is 4.79 Å². The molecule has 0 saturated carbocycles. The molecule has 0 fully saturated rings. The van der Waals surface area contributed by atoms with Gasteiger partial charge in [-0.2, -0.15) is 0 Å². The quantitative estimate of drug-likeness (QED) is 0.333. The maximum absolute atomic E-state index is 12.2. The second kappa shape index (κ2) is 11.1. The van der Waals surface area contributed by atoms with Crippen LogP contribution in [0.15, 0.2) is 66.7 Å². The van der Waals surface area contributed by atoms with E-state index in [1.165, 1.54) is 29.3 Å². The number of carboxylic acids is 1. The molecule has 1 aliphatic carbocycles. The molecule has 1 aliphatic rings. The Morgan fingerprint density at radius 1 is 0.914 bits per heavy atom. The number of carboxylic acid groups (broad SMARTS) is 1. The van der Waals surface area contributed by atoms with E-state index >= 15 is 0 Å². The first-order chi connectivity index (χ1) is 16.9. The van der Waals surface area contributed by atoms with Gasteiger partial charge in [0.15, 0.2) is 0 Å². The third kappa shape index (κ3) is 5.81. The summed E-state index contributed by atoms with van der Waals surface area (Å²) in [7, 11) is 0. The maximum atomic E-state index is 12.2. The molecule has 7 nitrogen and oxygen atoms in total. The molecule has 0 unspecified atom stereocenters. The van der Waals surface area contributed by atoms with E-state index in [1.54, 1.807) is 0 Å². The predicted octanol–water partition coefficient (Wildman–Crippen LogP) is 5.69. The molecule has 0 radical (unpaired) electrons. The van der Waals surface area contributed by atoms with Gasteiger partial charge in [0.2, 0.25) is 5.91 Å². The van der Waals surface area contributed by atoms with Crippen LogP contribution in [0.2, 0.25) is 5.02 Å². The van der Waals surface area contributed by atoms with Crippen molar-refractivity contribution < 1.29 is 24.2 Å². The van der Waals surface area contributed by atoms with Crippen molar-refractivity contribution in [2.75, 3.05) is 18.5 Å². The van der Waals surface area contributed by atoms with E-state index in [0.29, 0.717) is 19.4 Å². The number of carbonyl (C=O) groups is 3. The first-order valence-corrected chi connectivity index (χ1v) is 11.7. The van der Waals surface area contributed by atoms with Crippen molar-refractivity contribution in [2.24, 2.45) is 0 Å². The Morgan fingerprint density at radius 3 is 2.23 bits per heavy atom. The molecular formula is C27H25ClN2O5. The van der Waals surface area contributed by atoms with Gasteiger partial charge in [-0.25, -0.2) is 9.59 Å². The van der Waals surface area contributed by atoms with Crippen molar-refractivity contribution in [2.45, 2.75) is 25.2 Å². The standard InChI is InChI=1S/C27H25ClN2O5/c28-17-12-13-24(22(15-17)26(32)33)30-25(31)11-5-6-14-29-27(34)35-16-23-20-9-3-1-7-18(20)19-8-2-4-10-21(19)23/h1-4,7-10,12-13,15,23H,5-6,11,14,16H2,(H,29,34)(H,30,31)(H,32,33). The number of anilines is 1. The number of hydrogen-bond acceptors (Lipinski definition) is 4. The van der Waals surface area contributed by atoms with E-state index in [0.717, 1.165) is 11.1 Å². The molecule has 0 atom stereocenters. The second-order valence-electron chi connectivity index (χ2n) is 8.25. The Hall–Kier alpha value is -3.84. The highest BCUT2D eigenvalue weighted by atomic mass is 35.5. The number of ether oxygens (including phenoxy) is 1. The summed E-state index contributed by atoms with van der Waals surface area (Å²) in [6.07, 6.45) is 0.785. The van der Waals surface area contributed by atoms with E-state index in [-0.39, 0.29) is 41.1 Å². The highest BCUT2D eigenvalue weighted by Gasteiger charge is 2.28. The van der Waals surface area contributed by atoms with Gasteiger partial charge in [0.05, 0.1) is 11.3 Å². The number of rotatable bonds is 9. The monoisotopic (exact) mass is 492 g/mol. The highest BCUT2D eigenvalue weighted by molar-refractivity contribution is 6.31. The Balaban J connectivity index is 1.19. The fourth-order valence-electron chi connectivity index (χ4n) is 4.27. The predicted molar refractivity (Wildman–Crippen MR) is 134 cm³/mol. The van der Waals surface area contributed by atoms with Crippen LogP contribution in [0, 0.1) is 0 Å². The first-order valence-electron chi connectivity index (χ1n) is 11.4. The Kier molecular flexibility index (Phi) is 7.67. The van der Waals surface area contributed by atoms with Crippen LogP contribution in [0.25, 0.3) is 11.1 Å². The lowest BCUT2D eigenvalue weighted by atomic mass is 9.98. The van der Waals surface area contributed by atoms with Gasteiger partial charge in [0.25, 0.3) is 0 Å². The van der Waals surface area contributed by atoms with Crippen LogP contribution in [0.5, 0.6) is 0 Å². The molecule has 2 amide bonds. The number of unbranched alkanes of at least 4 members (excludes halogenated alkanes) is 1. The molecule has 3 aromatic carbocycles. The number of fused-ring (bicyclic) bond motifs is 3. The number of halogens is 1. The van der Waals surface area contributed by atoms with Crippen molar-refractivity contribution in [3.63, 3.8) is 0 Å². The number of amides is 2. The zero-order valence-corrected chi connectivity index (χ0v) is 19.7. The summed E-state index contributed by atoms with van der Waals surface area (Å²) < 4.78 is 5.50. The maximum Gasteiger partial charge on any atom is 0.407 e. The lowest BCUT2D eigenvalue weighted by Crippen LogP contribution is -2.27. The molecular weight excluding hydrogens is 468 g/mol. The van der Waals surface area contributed by atoms with Crippen LogP contribution >= 0.6 is 11.6 Å². The van der Waals surface area contributed by atoms with Crippen LogP contribution in [-0.4, -0.2) is 36.2 Å². The van der Waals surface area contributed by atoms with Gasteiger partial charge in [-0.1, -0.05) is 60.1 Å². The van der Waals surface area contributed by atoms with Gasteiger partial charge in [-0.05, 0) is 53.3 Å². The summed E-state index contributed by atoms with van der Waals surface area (Å²) in [5.41, 5.74) is 4.78. The van der Waals surface area contributed by atoms with Gasteiger partial charge in [0, 0.05) is 23.9 Å². The van der Waals surface area contributed by atoms with E-state index in [9.17, 15) is 19.5 Å². The summed E-state index contributed by atoms with van der Waals surface area (Å²) >= 11 is 5.82. The molecule has 0 aliphatic heterocycles. The third-order valence-electron chi connectivity index (χ3n) is 5.93. The van der Waals surface area contributed by atoms with Crippen molar-refractivity contribution in [1.29, 1.82) is 0 Å². The summed E-state index contributed by atoms with van der Waals surface area (Å²) in [6, 6.07) is 20.6. The average molecular weight is 493 g/mol. The fraction of sp³-hybridized carbons (Fsp3) is 0.222. The van der Waals surface area contributed by atoms with Crippen molar-refractivity contribution in [3.8, 4) is 11.1 Å². The number of benzene rings is 3. The first kappa shape index (κ1) is 24.3. The van der Waals surface area contributed by atoms with Crippen LogP contribution in [0.4, 0.5) is 10.5 Å². The third-order valence-corrected chi connectivity index (χ3v) is 6.16. The van der Waals surface area contributed by atoms with Crippen molar-refractivity contribution >= 4 is 35.3 Å². The zero-order chi connectivity index (χ0) is 24.8. The van der Waals surface area contributed by atoms with Gasteiger partial charge >= 0.3 is 12.1 Å². The van der Waals surface area contributed by atoms with E-state index in [1.807, 2.05) is 24.3 Å². The van der Waals surface area contributed by atoms with Crippen LogP contribution < -0.4 is 10.6 Å². The minimum Gasteiger partial charge on any atom is -0.478 e. The lowest BCUT2D eigenvalue weighted by molar-refractivity contribution is -0.116. The zero-order valence-electron chi connectivity index (χ0n) is 18.9. The second-order valence-corrected chi connectivity index (χ2v) is 8.69. The molecule has 0 aromatic heterocycles. The van der Waals surface area contributed by atoms with E-state index < -0.39 is 12.1 Å². The number of aromatic carboxylic acids is 1. The molecule has 0 saturated heterocycles. The molecule has 0 bridgehead atoms. The normalized spacial score (nSPS) is 11.9. The summed E-state index contributed by atoms with van der Waals surface area (Å²) in [5, 5.41) is 14.8. The summed E-state index contributed by atoms with van der Waals surface area (Å²) in [4.78, 5) is 35.7. The average Bonchev–Trinajstić information content (AvgIpc) is 3.17. The molecule has 0 heterocycles. The molecule has 0 spiro atoms. The summed E-state index contributed by atoms with van der Waals surface area (Å²) in [5.74, 6) is -1.48. The molecule has 3 N–H and O–H groups in total. The largest absolute Gasteiger partial charge is 0.478 e. The van der Waals surface area contributed by atoms with Gasteiger partial charge < -0.3 is 20.5 Å². The summed E-state index contributed by atoms with van der Waals surface area (Å²) in [6.45, 7) is 0.612. The smallest absolute Gasteiger partial charge is 0.407 e. The molecule has 4 rings (SSSR count). The fourth-order valence-corrected chi connectivity index (χ4v) is 4.44. The lowest BCUT2D eigenvalue weighted by Gasteiger charge is -2.14. The highest BCUT2D eigenvalue weighted by Crippen LogP contribution is 2.44. The Morgan fingerprint density at radius 2 is 1.57 bits per heavy atom.